The summed E-state index contributed by atoms with van der Waals surface area (Å²) in [5.74, 6) is 0. The maximum atomic E-state index is 6.31. The molecule has 0 spiro atoms. The zero-order valence-corrected chi connectivity index (χ0v) is 12.8. The van der Waals surface area contributed by atoms with Crippen LogP contribution in [0, 0.1) is 6.92 Å². The third-order valence-electron chi connectivity index (χ3n) is 3.97. The summed E-state index contributed by atoms with van der Waals surface area (Å²) in [6.07, 6.45) is 6.03. The molecule has 108 valence electrons. The van der Waals surface area contributed by atoms with Crippen LogP contribution < -0.4 is 5.32 Å². The van der Waals surface area contributed by atoms with Crippen molar-refractivity contribution < 1.29 is 4.74 Å². The first-order valence-electron chi connectivity index (χ1n) is 7.08. The summed E-state index contributed by atoms with van der Waals surface area (Å²) in [5.41, 5.74) is 2.03. The van der Waals surface area contributed by atoms with Gasteiger partial charge in [0.15, 0.2) is 0 Å². The highest BCUT2D eigenvalue weighted by Crippen LogP contribution is 2.23. The predicted octanol–water partition coefficient (Wildman–Crippen LogP) is 2.47. The molecule has 4 nitrogen and oxygen atoms in total. The molecule has 5 heteroatoms. The van der Waals surface area contributed by atoms with Gasteiger partial charge in [0.05, 0.1) is 22.5 Å². The Bertz CT molecular complexity index is 413. The zero-order chi connectivity index (χ0) is 13.8. The largest absolute Gasteiger partial charge is 0.378 e. The predicted molar refractivity (Wildman–Crippen MR) is 77.7 cm³/mol. The van der Waals surface area contributed by atoms with E-state index in [-0.39, 0.29) is 0 Å². The van der Waals surface area contributed by atoms with Crippen LogP contribution in [0.25, 0.3) is 0 Å². The Morgan fingerprint density at radius 1 is 1.58 bits per heavy atom. The van der Waals surface area contributed by atoms with E-state index in [4.69, 9.17) is 16.3 Å². The lowest BCUT2D eigenvalue weighted by molar-refractivity contribution is 0.0997. The second kappa shape index (κ2) is 6.73. The van der Waals surface area contributed by atoms with E-state index < -0.39 is 0 Å². The van der Waals surface area contributed by atoms with Crippen molar-refractivity contribution in [3.63, 3.8) is 0 Å². The second-order valence-electron chi connectivity index (χ2n) is 5.37. The zero-order valence-electron chi connectivity index (χ0n) is 12.1. The number of halogens is 1. The number of rotatable bonds is 6. The van der Waals surface area contributed by atoms with Gasteiger partial charge >= 0.3 is 0 Å². The second-order valence-corrected chi connectivity index (χ2v) is 5.75. The highest BCUT2D eigenvalue weighted by atomic mass is 35.5. The van der Waals surface area contributed by atoms with Gasteiger partial charge in [-0.2, -0.15) is 5.10 Å². The maximum absolute atomic E-state index is 6.31. The molecule has 2 atom stereocenters. The Balaban J connectivity index is 1.90. The molecule has 1 N–H and O–H groups in total. The van der Waals surface area contributed by atoms with Crippen LogP contribution in [0.2, 0.25) is 5.02 Å². The maximum Gasteiger partial charge on any atom is 0.0847 e. The van der Waals surface area contributed by atoms with Gasteiger partial charge in [-0.05, 0) is 39.7 Å². The molecule has 1 fully saturated rings. The minimum Gasteiger partial charge on any atom is -0.378 e. The number of aryl methyl sites for hydroxylation is 2. The molecule has 2 unspecified atom stereocenters. The van der Waals surface area contributed by atoms with E-state index in [2.05, 4.69) is 10.4 Å². The summed E-state index contributed by atoms with van der Waals surface area (Å²) < 4.78 is 7.58. The van der Waals surface area contributed by atoms with Crippen molar-refractivity contribution in [2.24, 2.45) is 7.05 Å². The molecule has 1 aliphatic heterocycles. The molecule has 0 radical (unpaired) electrons. The average Bonchev–Trinajstić information content (AvgIpc) is 2.98. The molecule has 1 saturated heterocycles. The van der Waals surface area contributed by atoms with Gasteiger partial charge in [-0.15, -0.1) is 0 Å². The summed E-state index contributed by atoms with van der Waals surface area (Å²) >= 11 is 6.31. The quantitative estimate of drug-likeness (QED) is 0.873. The molecular weight excluding hydrogens is 262 g/mol. The van der Waals surface area contributed by atoms with Crippen LogP contribution >= 0.6 is 11.6 Å². The normalized spacial score (nSPS) is 20.9. The van der Waals surface area contributed by atoms with Crippen LogP contribution in [0.5, 0.6) is 0 Å². The summed E-state index contributed by atoms with van der Waals surface area (Å²) in [6.45, 7) is 2.88. The summed E-state index contributed by atoms with van der Waals surface area (Å²) in [7, 11) is 3.97. The van der Waals surface area contributed by atoms with Gasteiger partial charge in [0.1, 0.15) is 0 Å². The van der Waals surface area contributed by atoms with Crippen LogP contribution in [0.1, 0.15) is 37.1 Å². The number of nitrogens with one attached hydrogen (secondary N) is 1. The molecule has 0 bridgehead atoms. The Kier molecular flexibility index (Phi) is 5.25. The minimum atomic E-state index is 0.427. The molecule has 2 rings (SSSR count). The van der Waals surface area contributed by atoms with Gasteiger partial charge in [0.2, 0.25) is 0 Å². The molecule has 1 aromatic heterocycles. The van der Waals surface area contributed by atoms with Gasteiger partial charge in [0, 0.05) is 26.1 Å². The van der Waals surface area contributed by atoms with Crippen LogP contribution in [-0.2, 0) is 18.2 Å². The molecular formula is C14H24ClN3O. The van der Waals surface area contributed by atoms with Crippen LogP contribution in [-0.4, -0.2) is 35.6 Å². The third kappa shape index (κ3) is 3.71. The van der Waals surface area contributed by atoms with Crippen molar-refractivity contribution in [2.45, 2.75) is 51.2 Å². The highest BCUT2D eigenvalue weighted by Gasteiger charge is 2.20. The lowest BCUT2D eigenvalue weighted by atomic mass is 10.0. The molecule has 0 aliphatic carbocycles. The van der Waals surface area contributed by atoms with Crippen molar-refractivity contribution in [3.05, 3.63) is 16.4 Å². The van der Waals surface area contributed by atoms with Crippen molar-refractivity contribution in [2.75, 3.05) is 13.7 Å². The molecule has 19 heavy (non-hydrogen) atoms. The number of likely N-dealkylation sites (N-methyl/N-ethyl adjacent to an activating group) is 1. The van der Waals surface area contributed by atoms with Crippen LogP contribution in [0.15, 0.2) is 0 Å². The average molecular weight is 286 g/mol. The summed E-state index contributed by atoms with van der Waals surface area (Å²) in [5, 5.41) is 8.56. The standard InChI is InChI=1S/C14H24ClN3O/c1-10-14(15)13(18(3)17-10)9-11(16-2)6-7-12-5-4-8-19-12/h11-12,16H,4-9H2,1-3H3. The molecule has 0 aromatic carbocycles. The molecule has 0 amide bonds. The number of aromatic nitrogens is 2. The van der Waals surface area contributed by atoms with Crippen molar-refractivity contribution in [1.82, 2.24) is 15.1 Å². The van der Waals surface area contributed by atoms with Crippen molar-refractivity contribution >= 4 is 11.6 Å². The molecule has 1 aliphatic rings. The van der Waals surface area contributed by atoms with Gasteiger partial charge in [0.25, 0.3) is 0 Å². The van der Waals surface area contributed by atoms with E-state index in [0.29, 0.717) is 12.1 Å². The third-order valence-corrected chi connectivity index (χ3v) is 4.46. The molecule has 1 aromatic rings. The number of nitrogens with zero attached hydrogens (tertiary/aromatic N) is 2. The van der Waals surface area contributed by atoms with E-state index in [0.717, 1.165) is 42.3 Å². The summed E-state index contributed by atoms with van der Waals surface area (Å²) in [4.78, 5) is 0. The SMILES string of the molecule is CNC(CCC1CCCO1)Cc1c(Cl)c(C)nn1C. The molecule has 2 heterocycles. The van der Waals surface area contributed by atoms with E-state index in [1.165, 1.54) is 12.8 Å². The Morgan fingerprint density at radius 3 is 2.89 bits per heavy atom. The first kappa shape index (κ1) is 14.8. The first-order chi connectivity index (χ1) is 9.11. The lowest BCUT2D eigenvalue weighted by Crippen LogP contribution is -2.29. The monoisotopic (exact) mass is 285 g/mol. The Labute approximate surface area is 120 Å². The van der Waals surface area contributed by atoms with Gasteiger partial charge < -0.3 is 10.1 Å². The van der Waals surface area contributed by atoms with E-state index >= 15 is 0 Å². The number of hydrogen-bond donors (Lipinski definition) is 1. The lowest BCUT2D eigenvalue weighted by Gasteiger charge is -2.18. The smallest absolute Gasteiger partial charge is 0.0847 e. The summed E-state index contributed by atoms with van der Waals surface area (Å²) in [6, 6.07) is 0.427. The fourth-order valence-electron chi connectivity index (χ4n) is 2.74. The van der Waals surface area contributed by atoms with Crippen LogP contribution in [0.3, 0.4) is 0 Å². The fourth-order valence-corrected chi connectivity index (χ4v) is 2.98. The Morgan fingerprint density at radius 2 is 2.37 bits per heavy atom. The van der Waals surface area contributed by atoms with Crippen LogP contribution in [0.4, 0.5) is 0 Å². The van der Waals surface area contributed by atoms with E-state index in [1.54, 1.807) is 0 Å². The number of ether oxygens (including phenoxy) is 1. The van der Waals surface area contributed by atoms with Gasteiger partial charge in [-0.1, -0.05) is 11.6 Å². The van der Waals surface area contributed by atoms with Gasteiger partial charge in [-0.3, -0.25) is 4.68 Å². The van der Waals surface area contributed by atoms with Gasteiger partial charge in [-0.25, -0.2) is 0 Å². The minimum absolute atomic E-state index is 0.427. The van der Waals surface area contributed by atoms with Crippen molar-refractivity contribution in [1.29, 1.82) is 0 Å². The highest BCUT2D eigenvalue weighted by molar-refractivity contribution is 6.31. The fraction of sp³-hybridized carbons (Fsp3) is 0.786. The topological polar surface area (TPSA) is 39.1 Å². The van der Waals surface area contributed by atoms with E-state index in [9.17, 15) is 0 Å². The van der Waals surface area contributed by atoms with Crippen molar-refractivity contribution in [3.8, 4) is 0 Å². The first-order valence-corrected chi connectivity index (χ1v) is 7.46. The Hall–Kier alpha value is -0.580. The molecule has 0 saturated carbocycles. The number of hydrogen-bond acceptors (Lipinski definition) is 3. The van der Waals surface area contributed by atoms with E-state index in [1.807, 2.05) is 25.7 Å².